The van der Waals surface area contributed by atoms with Gasteiger partial charge in [-0.25, -0.2) is 14.4 Å². The normalized spacial score (nSPS) is 20.0. The smallest absolute Gasteiger partial charge is 0.339 e. The zero-order valence-electron chi connectivity index (χ0n) is 18.3. The molecule has 0 saturated heterocycles. The van der Waals surface area contributed by atoms with Crippen LogP contribution in [-0.4, -0.2) is 41.5 Å². The number of hydrogen-bond acceptors (Lipinski definition) is 7. The number of nitrogens with one attached hydrogen (secondary N) is 1. The van der Waals surface area contributed by atoms with Crippen molar-refractivity contribution in [2.45, 2.75) is 11.2 Å². The highest BCUT2D eigenvalue weighted by atomic mass is 35.5. The number of ether oxygens (including phenoxy) is 2. The van der Waals surface area contributed by atoms with Crippen molar-refractivity contribution in [3.8, 4) is 17.2 Å². The Kier molecular flexibility index (Phi) is 6.09. The molecule has 2 aliphatic heterocycles. The molecule has 186 valence electrons. The van der Waals surface area contributed by atoms with Crippen molar-refractivity contribution in [2.24, 2.45) is 9.98 Å². The average Bonchev–Trinajstić information content (AvgIpc) is 2.84. The van der Waals surface area contributed by atoms with Crippen molar-refractivity contribution in [2.75, 3.05) is 23.4 Å². The summed E-state index contributed by atoms with van der Waals surface area (Å²) in [5.41, 5.74) is 0.548. The van der Waals surface area contributed by atoms with Gasteiger partial charge >= 0.3 is 11.2 Å². The number of fused-ring (bicyclic) bond motifs is 1. The van der Waals surface area contributed by atoms with E-state index in [0.717, 1.165) is 6.07 Å². The maximum atomic E-state index is 14.9. The van der Waals surface area contributed by atoms with E-state index in [4.69, 9.17) is 32.7 Å². The maximum Gasteiger partial charge on any atom is 0.339 e. The highest BCUT2D eigenvalue weighted by Crippen LogP contribution is 2.42. The average molecular weight is 537 g/mol. The summed E-state index contributed by atoms with van der Waals surface area (Å²) in [7, 11) is 0. The van der Waals surface area contributed by atoms with Crippen molar-refractivity contribution in [3.05, 3.63) is 71.5 Å². The topological polar surface area (TPSA) is 78.7 Å². The second kappa shape index (κ2) is 9.11. The number of amidine groups is 1. The standard InChI is InChI=1S/C24H17Cl2F3N4O3/c25-18-6-5-16(12-19(18)27)33(15-2-1-3-17(34)11-15)24(26)30-13-23(28,29)22(32-24)31-14-4-7-20-21(10-14)36-9-8-35-20/h1-7,10-13,34H,8-9H2,(H,31,32). The van der Waals surface area contributed by atoms with Gasteiger partial charge in [-0.1, -0.05) is 17.7 Å². The zero-order chi connectivity index (χ0) is 25.5. The lowest BCUT2D eigenvalue weighted by Crippen LogP contribution is -2.48. The van der Waals surface area contributed by atoms with E-state index in [1.807, 2.05) is 0 Å². The molecule has 2 aliphatic rings. The van der Waals surface area contributed by atoms with Gasteiger partial charge in [-0.3, -0.25) is 4.90 Å². The monoisotopic (exact) mass is 536 g/mol. The minimum Gasteiger partial charge on any atom is -0.508 e. The number of aliphatic imine (C=N–C) groups is 2. The quantitative estimate of drug-likeness (QED) is 0.307. The van der Waals surface area contributed by atoms with E-state index in [0.29, 0.717) is 30.9 Å². The van der Waals surface area contributed by atoms with Crippen LogP contribution < -0.4 is 19.7 Å². The fourth-order valence-corrected chi connectivity index (χ4v) is 4.13. The van der Waals surface area contributed by atoms with Crippen LogP contribution in [0.5, 0.6) is 17.2 Å². The molecular formula is C24H17Cl2F3N4O3. The lowest BCUT2D eigenvalue weighted by atomic mass is 10.2. The number of benzene rings is 3. The Bertz CT molecular complexity index is 1390. The molecule has 0 bridgehead atoms. The molecule has 0 fully saturated rings. The predicted molar refractivity (Wildman–Crippen MR) is 132 cm³/mol. The van der Waals surface area contributed by atoms with E-state index in [-0.39, 0.29) is 27.8 Å². The van der Waals surface area contributed by atoms with Gasteiger partial charge in [-0.15, -0.1) is 0 Å². The molecule has 2 heterocycles. The summed E-state index contributed by atoms with van der Waals surface area (Å²) in [6, 6.07) is 14.1. The number of nitrogens with zero attached hydrogens (tertiary/aromatic N) is 3. The third-order valence-corrected chi connectivity index (χ3v) is 5.96. The van der Waals surface area contributed by atoms with Crippen LogP contribution in [-0.2, 0) is 0 Å². The molecule has 1 atom stereocenters. The van der Waals surface area contributed by atoms with Gasteiger partial charge in [-0.2, -0.15) is 8.78 Å². The number of rotatable bonds is 4. The fraction of sp³-hybridized carbons (Fsp3) is 0.167. The van der Waals surface area contributed by atoms with E-state index in [2.05, 4.69) is 15.3 Å². The van der Waals surface area contributed by atoms with Crippen LogP contribution in [0.25, 0.3) is 0 Å². The number of alkyl halides is 3. The third kappa shape index (κ3) is 4.61. The number of hydrogen-bond donors (Lipinski definition) is 2. The first kappa shape index (κ1) is 24.1. The molecule has 5 rings (SSSR count). The van der Waals surface area contributed by atoms with Crippen LogP contribution in [0.2, 0.25) is 5.02 Å². The molecule has 7 nitrogen and oxygen atoms in total. The predicted octanol–water partition coefficient (Wildman–Crippen LogP) is 6.17. The molecule has 0 amide bonds. The number of anilines is 3. The second-order valence-electron chi connectivity index (χ2n) is 7.83. The first-order valence-corrected chi connectivity index (χ1v) is 11.3. The molecule has 3 aromatic rings. The molecular weight excluding hydrogens is 520 g/mol. The molecule has 1 unspecified atom stereocenters. The van der Waals surface area contributed by atoms with E-state index in [1.54, 1.807) is 6.07 Å². The first-order valence-electron chi connectivity index (χ1n) is 10.6. The van der Waals surface area contributed by atoms with Crippen LogP contribution in [0, 0.1) is 5.82 Å². The van der Waals surface area contributed by atoms with Gasteiger partial charge in [0.1, 0.15) is 24.8 Å². The van der Waals surface area contributed by atoms with Crippen molar-refractivity contribution in [1.29, 1.82) is 0 Å². The zero-order valence-corrected chi connectivity index (χ0v) is 19.8. The van der Waals surface area contributed by atoms with Crippen molar-refractivity contribution >= 4 is 52.3 Å². The summed E-state index contributed by atoms with van der Waals surface area (Å²) in [4.78, 5) is 9.05. The molecule has 2 N–H and O–H groups in total. The summed E-state index contributed by atoms with van der Waals surface area (Å²) in [5, 5.41) is 10.2. The lowest BCUT2D eigenvalue weighted by molar-refractivity contribution is 0.158. The molecule has 12 heteroatoms. The molecule has 0 aromatic heterocycles. The van der Waals surface area contributed by atoms with Crippen molar-refractivity contribution in [1.82, 2.24) is 0 Å². The van der Waals surface area contributed by atoms with E-state index in [9.17, 15) is 18.3 Å². The van der Waals surface area contributed by atoms with Gasteiger partial charge in [0.15, 0.2) is 17.3 Å². The summed E-state index contributed by atoms with van der Waals surface area (Å²) in [5.74, 6) is -4.48. The Morgan fingerprint density at radius 1 is 0.972 bits per heavy atom. The van der Waals surface area contributed by atoms with Gasteiger partial charge < -0.3 is 19.9 Å². The highest BCUT2D eigenvalue weighted by Gasteiger charge is 2.47. The first-order chi connectivity index (χ1) is 17.1. The Morgan fingerprint density at radius 3 is 2.47 bits per heavy atom. The molecule has 3 aromatic carbocycles. The van der Waals surface area contributed by atoms with E-state index in [1.165, 1.54) is 53.4 Å². The maximum absolute atomic E-state index is 14.9. The number of phenols is 1. The molecule has 0 spiro atoms. The fourth-order valence-electron chi connectivity index (χ4n) is 3.68. The largest absolute Gasteiger partial charge is 0.508 e. The number of aromatic hydroxyl groups is 1. The SMILES string of the molecule is Oc1cccc(N(c2ccc(Cl)c(F)c2)C2(Cl)N=CC(F)(F)C(Nc3ccc4c(c3)OCCO4)=N2)c1. The second-order valence-corrected chi connectivity index (χ2v) is 8.75. The van der Waals surface area contributed by atoms with E-state index < -0.39 is 22.8 Å². The van der Waals surface area contributed by atoms with Gasteiger partial charge in [0.2, 0.25) is 0 Å². The number of phenolic OH excluding ortho intramolecular Hbond substituents is 1. The minimum atomic E-state index is -3.61. The van der Waals surface area contributed by atoms with Crippen LogP contribution in [0.15, 0.2) is 70.6 Å². The summed E-state index contributed by atoms with van der Waals surface area (Å²) < 4.78 is 55.1. The molecule has 0 saturated carbocycles. The van der Waals surface area contributed by atoms with Gasteiger partial charge in [0, 0.05) is 23.5 Å². The van der Waals surface area contributed by atoms with Gasteiger partial charge in [-0.05, 0) is 54.1 Å². The highest BCUT2D eigenvalue weighted by molar-refractivity contribution is 6.31. The Hall–Kier alpha value is -3.63. The van der Waals surface area contributed by atoms with Crippen LogP contribution >= 0.6 is 23.2 Å². The summed E-state index contributed by atoms with van der Waals surface area (Å²) >= 11 is 12.6. The lowest BCUT2D eigenvalue weighted by Gasteiger charge is -2.38. The Labute approximate surface area is 213 Å². The van der Waals surface area contributed by atoms with Crippen LogP contribution in [0.1, 0.15) is 0 Å². The Balaban J connectivity index is 1.59. The van der Waals surface area contributed by atoms with Crippen molar-refractivity contribution < 1.29 is 27.8 Å². The molecule has 0 aliphatic carbocycles. The number of halogens is 5. The Morgan fingerprint density at radius 2 is 1.72 bits per heavy atom. The van der Waals surface area contributed by atoms with E-state index >= 15 is 0 Å². The molecule has 36 heavy (non-hydrogen) atoms. The minimum absolute atomic E-state index is 0.0993. The molecule has 0 radical (unpaired) electrons. The van der Waals surface area contributed by atoms with Crippen LogP contribution in [0.4, 0.5) is 30.2 Å². The van der Waals surface area contributed by atoms with Gasteiger partial charge in [0.05, 0.1) is 16.9 Å². The third-order valence-electron chi connectivity index (χ3n) is 5.30. The van der Waals surface area contributed by atoms with Crippen molar-refractivity contribution in [3.63, 3.8) is 0 Å². The summed E-state index contributed by atoms with van der Waals surface area (Å²) in [6.45, 7) is 0.702. The van der Waals surface area contributed by atoms with Crippen LogP contribution in [0.3, 0.4) is 0 Å². The summed E-state index contributed by atoms with van der Waals surface area (Å²) in [6.07, 6.45) is 0.357. The van der Waals surface area contributed by atoms with Gasteiger partial charge in [0.25, 0.3) is 0 Å².